The number of hydrogen-bond acceptors (Lipinski definition) is 3. The number of hydrogen-bond donors (Lipinski definition) is 2. The molecule has 28 heavy (non-hydrogen) atoms. The molecule has 0 saturated heterocycles. The highest BCUT2D eigenvalue weighted by atomic mass is 19.1. The zero-order chi connectivity index (χ0) is 20.1. The quantitative estimate of drug-likeness (QED) is 0.676. The Morgan fingerprint density at radius 2 is 1.71 bits per heavy atom. The average molecular weight is 380 g/mol. The average Bonchev–Trinajstić information content (AvgIpc) is 2.65. The molecule has 0 bridgehead atoms. The number of halogens is 1. The first kappa shape index (κ1) is 19.4. The van der Waals surface area contributed by atoms with Gasteiger partial charge in [-0.25, -0.2) is 4.39 Å². The van der Waals surface area contributed by atoms with Crippen LogP contribution in [0.4, 0.5) is 10.1 Å². The molecule has 0 atom stereocenters. The van der Waals surface area contributed by atoms with Crippen molar-refractivity contribution in [3.8, 4) is 5.75 Å². The van der Waals surface area contributed by atoms with Crippen LogP contribution in [0.15, 0.2) is 60.7 Å². The second-order valence-electron chi connectivity index (χ2n) is 6.67. The Kier molecular flexibility index (Phi) is 5.89. The monoisotopic (exact) mass is 380 g/mol. The maximum absolute atomic E-state index is 13.4. The first-order valence-corrected chi connectivity index (χ1v) is 8.94. The lowest BCUT2D eigenvalue weighted by Gasteiger charge is -2.14. The number of carbonyl (C=O) groups excluding carboxylic acids is 2. The minimum atomic E-state index is -0.448. The molecule has 0 aliphatic heterocycles. The molecule has 0 aliphatic carbocycles. The first-order valence-electron chi connectivity index (χ1n) is 8.94. The zero-order valence-corrected chi connectivity index (χ0v) is 15.7. The number of rotatable bonds is 6. The Labute approximate surface area is 162 Å². The molecule has 0 fully saturated rings. The maximum Gasteiger partial charge on any atom is 0.259 e. The van der Waals surface area contributed by atoms with Crippen molar-refractivity contribution in [2.24, 2.45) is 0 Å². The van der Waals surface area contributed by atoms with Crippen molar-refractivity contribution in [3.63, 3.8) is 0 Å². The highest BCUT2D eigenvalue weighted by Crippen LogP contribution is 2.27. The summed E-state index contributed by atoms with van der Waals surface area (Å²) in [5, 5.41) is 7.13. The van der Waals surface area contributed by atoms with Gasteiger partial charge in [0.1, 0.15) is 11.6 Å². The van der Waals surface area contributed by atoms with Gasteiger partial charge >= 0.3 is 0 Å². The highest BCUT2D eigenvalue weighted by Gasteiger charge is 2.16. The van der Waals surface area contributed by atoms with Crippen LogP contribution in [0.25, 0.3) is 10.8 Å². The third kappa shape index (κ3) is 4.85. The number of amides is 2. The Morgan fingerprint density at radius 1 is 1.00 bits per heavy atom. The third-order valence-corrected chi connectivity index (χ3v) is 3.98. The molecule has 3 aromatic carbocycles. The van der Waals surface area contributed by atoms with Crippen molar-refractivity contribution < 1.29 is 18.7 Å². The van der Waals surface area contributed by atoms with Crippen molar-refractivity contribution >= 4 is 28.3 Å². The van der Waals surface area contributed by atoms with E-state index in [1.165, 1.54) is 18.2 Å². The molecule has 2 amide bonds. The van der Waals surface area contributed by atoms with Gasteiger partial charge in [0.2, 0.25) is 0 Å². The van der Waals surface area contributed by atoms with Crippen molar-refractivity contribution in [2.75, 3.05) is 11.9 Å². The predicted molar refractivity (Wildman–Crippen MR) is 107 cm³/mol. The highest BCUT2D eigenvalue weighted by molar-refractivity contribution is 6.08. The van der Waals surface area contributed by atoms with Crippen LogP contribution in [-0.4, -0.2) is 24.5 Å². The molecule has 3 aromatic rings. The van der Waals surface area contributed by atoms with E-state index in [0.29, 0.717) is 5.69 Å². The molecule has 0 aromatic heterocycles. The fourth-order valence-electron chi connectivity index (χ4n) is 2.79. The molecule has 6 heteroatoms. The lowest BCUT2D eigenvalue weighted by atomic mass is 10.1. The minimum Gasteiger partial charge on any atom is -0.483 e. The first-order chi connectivity index (χ1) is 13.4. The molecule has 0 saturated carbocycles. The van der Waals surface area contributed by atoms with Crippen LogP contribution >= 0.6 is 0 Å². The van der Waals surface area contributed by atoms with Gasteiger partial charge < -0.3 is 15.4 Å². The number of ether oxygens (including phenoxy) is 1. The number of nitrogens with one attached hydrogen (secondary N) is 2. The van der Waals surface area contributed by atoms with E-state index in [4.69, 9.17) is 4.74 Å². The van der Waals surface area contributed by atoms with E-state index in [9.17, 15) is 14.0 Å². The van der Waals surface area contributed by atoms with Gasteiger partial charge in [0.05, 0.1) is 5.56 Å². The molecule has 0 heterocycles. The van der Waals surface area contributed by atoms with Gasteiger partial charge in [0, 0.05) is 11.7 Å². The molecule has 0 unspecified atom stereocenters. The summed E-state index contributed by atoms with van der Waals surface area (Å²) in [6, 6.07) is 16.6. The summed E-state index contributed by atoms with van der Waals surface area (Å²) in [4.78, 5) is 24.7. The van der Waals surface area contributed by atoms with E-state index in [1.807, 2.05) is 38.1 Å². The molecular weight excluding hydrogens is 359 g/mol. The van der Waals surface area contributed by atoms with Gasteiger partial charge in [-0.3, -0.25) is 9.59 Å². The largest absolute Gasteiger partial charge is 0.483 e. The van der Waals surface area contributed by atoms with Crippen molar-refractivity contribution in [1.82, 2.24) is 5.32 Å². The summed E-state index contributed by atoms with van der Waals surface area (Å²) >= 11 is 0. The van der Waals surface area contributed by atoms with E-state index in [-0.39, 0.29) is 29.9 Å². The summed E-state index contributed by atoms with van der Waals surface area (Å²) in [6.45, 7) is 3.49. The fourth-order valence-corrected chi connectivity index (χ4v) is 2.79. The molecule has 0 aliphatic rings. The summed E-state index contributed by atoms with van der Waals surface area (Å²) in [5.74, 6) is -0.889. The Balaban J connectivity index is 1.89. The van der Waals surface area contributed by atoms with E-state index >= 15 is 0 Å². The molecule has 3 rings (SSSR count). The zero-order valence-electron chi connectivity index (χ0n) is 15.7. The minimum absolute atomic E-state index is 0.0107. The lowest BCUT2D eigenvalue weighted by Crippen LogP contribution is -2.34. The van der Waals surface area contributed by atoms with E-state index in [2.05, 4.69) is 10.6 Å². The Hall–Kier alpha value is -3.41. The van der Waals surface area contributed by atoms with Gasteiger partial charge in [0.15, 0.2) is 6.61 Å². The Bertz CT molecular complexity index is 1020. The third-order valence-electron chi connectivity index (χ3n) is 3.98. The van der Waals surface area contributed by atoms with Gasteiger partial charge in [0.25, 0.3) is 11.8 Å². The van der Waals surface area contributed by atoms with Crippen LogP contribution in [0.1, 0.15) is 24.2 Å². The van der Waals surface area contributed by atoms with Gasteiger partial charge in [-0.1, -0.05) is 30.3 Å². The van der Waals surface area contributed by atoms with Crippen LogP contribution in [0.3, 0.4) is 0 Å². The summed E-state index contributed by atoms with van der Waals surface area (Å²) in [6.07, 6.45) is 0. The van der Waals surface area contributed by atoms with Crippen LogP contribution in [0, 0.1) is 5.82 Å². The molecule has 0 radical (unpaired) electrons. The smallest absolute Gasteiger partial charge is 0.259 e. The van der Waals surface area contributed by atoms with Crippen molar-refractivity contribution in [1.29, 1.82) is 0 Å². The number of anilines is 1. The lowest BCUT2D eigenvalue weighted by molar-refractivity contribution is -0.123. The standard InChI is InChI=1S/C22H21FN2O3/c1-14(2)24-21(26)13-28-20-11-16-7-4-3-6-15(16)10-19(20)22(27)25-18-9-5-8-17(23)12-18/h3-12,14H,13H2,1-2H3,(H,24,26)(H,25,27). The van der Waals surface area contributed by atoms with Crippen molar-refractivity contribution in [3.05, 3.63) is 72.0 Å². The summed E-state index contributed by atoms with van der Waals surface area (Å²) in [7, 11) is 0. The van der Waals surface area contributed by atoms with Crippen molar-refractivity contribution in [2.45, 2.75) is 19.9 Å². The second-order valence-corrected chi connectivity index (χ2v) is 6.67. The van der Waals surface area contributed by atoms with E-state index < -0.39 is 11.7 Å². The van der Waals surface area contributed by atoms with Crippen LogP contribution in [0.2, 0.25) is 0 Å². The number of fused-ring (bicyclic) bond motifs is 1. The topological polar surface area (TPSA) is 67.4 Å². The Morgan fingerprint density at radius 3 is 2.39 bits per heavy atom. The number of benzene rings is 3. The normalized spacial score (nSPS) is 10.7. The molecule has 5 nitrogen and oxygen atoms in total. The predicted octanol–water partition coefficient (Wildman–Crippen LogP) is 4.13. The second kappa shape index (κ2) is 8.52. The van der Waals surface area contributed by atoms with Gasteiger partial charge in [-0.15, -0.1) is 0 Å². The molecule has 144 valence electrons. The van der Waals surface area contributed by atoms with E-state index in [0.717, 1.165) is 10.8 Å². The number of carbonyl (C=O) groups is 2. The van der Waals surface area contributed by atoms with E-state index in [1.54, 1.807) is 18.2 Å². The summed E-state index contributed by atoms with van der Waals surface area (Å²) < 4.78 is 19.0. The molecule has 0 spiro atoms. The van der Waals surface area contributed by atoms with Crippen LogP contribution < -0.4 is 15.4 Å². The fraction of sp³-hybridized carbons (Fsp3) is 0.182. The molecule has 2 N–H and O–H groups in total. The van der Waals surface area contributed by atoms with Gasteiger partial charge in [-0.05, 0) is 55.0 Å². The van der Waals surface area contributed by atoms with Crippen LogP contribution in [0.5, 0.6) is 5.75 Å². The maximum atomic E-state index is 13.4. The van der Waals surface area contributed by atoms with Gasteiger partial charge in [-0.2, -0.15) is 0 Å². The summed E-state index contributed by atoms with van der Waals surface area (Å²) in [5.41, 5.74) is 0.599. The molecular formula is C22H21FN2O3. The SMILES string of the molecule is CC(C)NC(=O)COc1cc2ccccc2cc1C(=O)Nc1cccc(F)c1. The van der Waals surface area contributed by atoms with Crippen LogP contribution in [-0.2, 0) is 4.79 Å².